The number of nitrogen functional groups attached to an aromatic ring is 1. The lowest BCUT2D eigenvalue weighted by molar-refractivity contribution is -0.136. The van der Waals surface area contributed by atoms with Crippen molar-refractivity contribution in [3.8, 4) is 0 Å². The number of aromatic nitrogens is 1. The number of benzene rings is 1. The van der Waals surface area contributed by atoms with Crippen LogP contribution in [0, 0.1) is 6.92 Å². The quantitative estimate of drug-likeness (QED) is 0.865. The van der Waals surface area contributed by atoms with Crippen LogP contribution in [0.1, 0.15) is 11.1 Å². The van der Waals surface area contributed by atoms with Crippen LogP contribution in [0.2, 0.25) is 5.02 Å². The minimum absolute atomic E-state index is 0.0132. The molecule has 106 valence electrons. The largest absolute Gasteiger partial charge is 0.418 e. The van der Waals surface area contributed by atoms with Crippen molar-refractivity contribution in [3.63, 3.8) is 0 Å². The zero-order chi connectivity index (χ0) is 14.9. The number of aryl methyl sites for hydroxylation is 1. The Morgan fingerprint density at radius 1 is 1.25 bits per heavy atom. The fraction of sp³-hybridized carbons (Fsp3) is 0.154. The first-order valence-corrected chi connectivity index (χ1v) is 6.01. The number of nitrogens with two attached hydrogens (primary N) is 1. The molecule has 0 fully saturated rings. The fourth-order valence-electron chi connectivity index (χ4n) is 1.61. The lowest BCUT2D eigenvalue weighted by Crippen LogP contribution is -2.09. The van der Waals surface area contributed by atoms with Crippen LogP contribution in [0.3, 0.4) is 0 Å². The van der Waals surface area contributed by atoms with E-state index >= 15 is 0 Å². The summed E-state index contributed by atoms with van der Waals surface area (Å²) in [4.78, 5) is 3.99. The van der Waals surface area contributed by atoms with Crippen LogP contribution in [0.25, 0.3) is 0 Å². The SMILES string of the molecule is Cc1cnc(Nc2ccc(Cl)cc2C(F)(F)F)cc1N. The van der Waals surface area contributed by atoms with Gasteiger partial charge >= 0.3 is 6.18 Å². The average Bonchev–Trinajstić information content (AvgIpc) is 2.35. The van der Waals surface area contributed by atoms with Crippen LogP contribution >= 0.6 is 11.6 Å². The Morgan fingerprint density at radius 2 is 1.95 bits per heavy atom. The van der Waals surface area contributed by atoms with Gasteiger partial charge in [-0.05, 0) is 30.7 Å². The molecular weight excluding hydrogens is 291 g/mol. The number of nitrogens with zero attached hydrogens (tertiary/aromatic N) is 1. The maximum atomic E-state index is 12.9. The lowest BCUT2D eigenvalue weighted by Gasteiger charge is -2.15. The van der Waals surface area contributed by atoms with Crippen LogP contribution in [0.5, 0.6) is 0 Å². The highest BCUT2D eigenvalue weighted by molar-refractivity contribution is 6.30. The molecular formula is C13H11ClF3N3. The molecule has 3 nitrogen and oxygen atoms in total. The van der Waals surface area contributed by atoms with Gasteiger partial charge in [-0.15, -0.1) is 0 Å². The van der Waals surface area contributed by atoms with E-state index < -0.39 is 11.7 Å². The number of hydrogen-bond donors (Lipinski definition) is 2. The van der Waals surface area contributed by atoms with Crippen molar-refractivity contribution < 1.29 is 13.2 Å². The first-order chi connectivity index (χ1) is 9.27. The number of pyridine rings is 1. The van der Waals surface area contributed by atoms with Crippen LogP contribution < -0.4 is 11.1 Å². The highest BCUT2D eigenvalue weighted by Gasteiger charge is 2.33. The molecule has 0 saturated carbocycles. The average molecular weight is 302 g/mol. The van der Waals surface area contributed by atoms with E-state index in [-0.39, 0.29) is 16.5 Å². The Morgan fingerprint density at radius 3 is 2.55 bits per heavy atom. The molecule has 0 saturated heterocycles. The first-order valence-electron chi connectivity index (χ1n) is 5.63. The maximum absolute atomic E-state index is 12.9. The van der Waals surface area contributed by atoms with Crippen molar-refractivity contribution in [1.82, 2.24) is 4.98 Å². The molecule has 0 unspecified atom stereocenters. The van der Waals surface area contributed by atoms with Gasteiger partial charge in [-0.2, -0.15) is 13.2 Å². The molecule has 7 heteroatoms. The van der Waals surface area contributed by atoms with Crippen LogP contribution in [-0.2, 0) is 6.18 Å². The second-order valence-corrected chi connectivity index (χ2v) is 4.68. The molecule has 0 bridgehead atoms. The highest BCUT2D eigenvalue weighted by atomic mass is 35.5. The monoisotopic (exact) mass is 301 g/mol. The van der Waals surface area contributed by atoms with E-state index in [0.29, 0.717) is 5.69 Å². The first kappa shape index (κ1) is 14.5. The van der Waals surface area contributed by atoms with Gasteiger partial charge in [-0.3, -0.25) is 0 Å². The molecule has 20 heavy (non-hydrogen) atoms. The summed E-state index contributed by atoms with van der Waals surface area (Å²) in [6, 6.07) is 4.96. The summed E-state index contributed by atoms with van der Waals surface area (Å²) in [6.07, 6.45) is -3.02. The van der Waals surface area contributed by atoms with Crippen molar-refractivity contribution in [2.75, 3.05) is 11.1 Å². The third kappa shape index (κ3) is 3.14. The van der Waals surface area contributed by atoms with Gasteiger partial charge in [0.05, 0.1) is 11.3 Å². The van der Waals surface area contributed by atoms with Gasteiger partial charge in [0, 0.05) is 23.0 Å². The Labute approximate surface area is 118 Å². The van der Waals surface area contributed by atoms with Gasteiger partial charge < -0.3 is 11.1 Å². The Hall–Kier alpha value is -1.95. The molecule has 0 atom stereocenters. The van der Waals surface area contributed by atoms with Gasteiger partial charge in [0.1, 0.15) is 5.82 Å². The van der Waals surface area contributed by atoms with Crippen LogP contribution in [0.15, 0.2) is 30.5 Å². The lowest BCUT2D eigenvalue weighted by atomic mass is 10.1. The van der Waals surface area contributed by atoms with Gasteiger partial charge in [0.25, 0.3) is 0 Å². The number of nitrogens with one attached hydrogen (secondary N) is 1. The summed E-state index contributed by atoms with van der Waals surface area (Å²) in [7, 11) is 0. The normalized spacial score (nSPS) is 11.4. The minimum Gasteiger partial charge on any atom is -0.398 e. The smallest absolute Gasteiger partial charge is 0.398 e. The summed E-state index contributed by atoms with van der Waals surface area (Å²) < 4.78 is 38.8. The van der Waals surface area contributed by atoms with E-state index in [1.807, 2.05) is 0 Å². The minimum atomic E-state index is -4.51. The second-order valence-electron chi connectivity index (χ2n) is 4.24. The third-order valence-corrected chi connectivity index (χ3v) is 2.93. The molecule has 3 N–H and O–H groups in total. The summed E-state index contributed by atoms with van der Waals surface area (Å²) in [5, 5.41) is 2.62. The fourth-order valence-corrected chi connectivity index (χ4v) is 1.78. The van der Waals surface area contributed by atoms with Crippen molar-refractivity contribution in [1.29, 1.82) is 0 Å². The molecule has 0 aliphatic rings. The van der Waals surface area contributed by atoms with Gasteiger partial charge in [-0.25, -0.2) is 4.98 Å². The predicted molar refractivity (Wildman–Crippen MR) is 73.1 cm³/mol. The van der Waals surface area contributed by atoms with E-state index in [4.69, 9.17) is 17.3 Å². The number of anilines is 3. The summed E-state index contributed by atoms with van der Waals surface area (Å²) >= 11 is 5.61. The summed E-state index contributed by atoms with van der Waals surface area (Å²) in [5.74, 6) is 0.237. The van der Waals surface area contributed by atoms with Crippen molar-refractivity contribution in [2.24, 2.45) is 0 Å². The zero-order valence-electron chi connectivity index (χ0n) is 10.4. The standard InChI is InChI=1S/C13H11ClF3N3/c1-7-6-19-12(5-10(7)18)20-11-3-2-8(14)4-9(11)13(15,16)17/h2-6H,1H3,(H3,18,19,20). The van der Waals surface area contributed by atoms with Gasteiger partial charge in [-0.1, -0.05) is 11.6 Å². The second kappa shape index (κ2) is 5.20. The number of hydrogen-bond acceptors (Lipinski definition) is 3. The van der Waals surface area contributed by atoms with Crippen LogP contribution in [0.4, 0.5) is 30.4 Å². The van der Waals surface area contributed by atoms with Crippen molar-refractivity contribution in [2.45, 2.75) is 13.1 Å². The molecule has 2 aromatic rings. The number of rotatable bonds is 2. The predicted octanol–water partition coefficient (Wildman–Crippen LogP) is 4.39. The van der Waals surface area contributed by atoms with Crippen molar-refractivity contribution in [3.05, 3.63) is 46.6 Å². The molecule has 1 aromatic carbocycles. The van der Waals surface area contributed by atoms with E-state index in [9.17, 15) is 13.2 Å². The Balaban J connectivity index is 2.40. The highest BCUT2D eigenvalue weighted by Crippen LogP contribution is 2.37. The van der Waals surface area contributed by atoms with E-state index in [2.05, 4.69) is 10.3 Å². The third-order valence-electron chi connectivity index (χ3n) is 2.69. The molecule has 1 heterocycles. The van der Waals surface area contributed by atoms with E-state index in [0.717, 1.165) is 11.6 Å². The van der Waals surface area contributed by atoms with E-state index in [1.165, 1.54) is 24.4 Å². The molecule has 0 radical (unpaired) electrons. The topological polar surface area (TPSA) is 50.9 Å². The molecule has 2 rings (SSSR count). The number of halogens is 4. The van der Waals surface area contributed by atoms with Gasteiger partial charge in [0.2, 0.25) is 0 Å². The van der Waals surface area contributed by atoms with Crippen LogP contribution in [-0.4, -0.2) is 4.98 Å². The Bertz CT molecular complexity index is 641. The zero-order valence-corrected chi connectivity index (χ0v) is 11.2. The molecule has 0 amide bonds. The van der Waals surface area contributed by atoms with Gasteiger partial charge in [0.15, 0.2) is 0 Å². The maximum Gasteiger partial charge on any atom is 0.418 e. The molecule has 1 aromatic heterocycles. The number of alkyl halides is 3. The van der Waals surface area contributed by atoms with Crippen molar-refractivity contribution >= 4 is 28.8 Å². The summed E-state index contributed by atoms with van der Waals surface area (Å²) in [6.45, 7) is 1.76. The van der Waals surface area contributed by atoms with E-state index in [1.54, 1.807) is 6.92 Å². The summed E-state index contributed by atoms with van der Waals surface area (Å²) in [5.41, 5.74) is 5.92. The Kier molecular flexibility index (Phi) is 3.76. The molecule has 0 aliphatic carbocycles. The molecule has 0 spiro atoms. The molecule has 0 aliphatic heterocycles.